The van der Waals surface area contributed by atoms with Crippen LogP contribution in [0.1, 0.15) is 35.4 Å². The van der Waals surface area contributed by atoms with Crippen molar-refractivity contribution in [1.82, 2.24) is 25.5 Å². The highest BCUT2D eigenvalue weighted by atomic mass is 19.4. The van der Waals surface area contributed by atoms with E-state index in [2.05, 4.69) is 31.6 Å². The van der Waals surface area contributed by atoms with Crippen molar-refractivity contribution in [3.8, 4) is 17.3 Å². The number of anilines is 1. The number of piperazine rings is 1. The number of nitrogens with one attached hydrogen (secondary N) is 2. The lowest BCUT2D eigenvalue weighted by molar-refractivity contribution is -0.144. The van der Waals surface area contributed by atoms with Crippen LogP contribution in [-0.4, -0.2) is 66.1 Å². The first-order valence-electron chi connectivity index (χ1n) is 13.8. The highest BCUT2D eigenvalue weighted by Crippen LogP contribution is 2.33. The summed E-state index contributed by atoms with van der Waals surface area (Å²) in [5.74, 6) is -1.37. The van der Waals surface area contributed by atoms with Crippen molar-refractivity contribution >= 4 is 11.7 Å². The molecule has 214 valence electrons. The van der Waals surface area contributed by atoms with Crippen molar-refractivity contribution < 1.29 is 18.0 Å². The smallest absolute Gasteiger partial charge is 0.354 e. The molecule has 1 unspecified atom stereocenters. The van der Waals surface area contributed by atoms with Crippen LogP contribution >= 0.6 is 0 Å². The summed E-state index contributed by atoms with van der Waals surface area (Å²) < 4.78 is 41.6. The average Bonchev–Trinajstić information content (AvgIpc) is 3.48. The lowest BCUT2D eigenvalue weighted by Gasteiger charge is -2.27. The number of halogens is 3. The van der Waals surface area contributed by atoms with Crippen LogP contribution < -0.4 is 15.5 Å². The van der Waals surface area contributed by atoms with Gasteiger partial charge in [-0.05, 0) is 42.5 Å². The Hall–Kier alpha value is -4.01. The van der Waals surface area contributed by atoms with Gasteiger partial charge >= 0.3 is 6.18 Å². The van der Waals surface area contributed by atoms with E-state index in [4.69, 9.17) is 5.26 Å². The second-order valence-corrected chi connectivity index (χ2v) is 10.4. The van der Waals surface area contributed by atoms with Gasteiger partial charge in [-0.3, -0.25) is 9.69 Å². The van der Waals surface area contributed by atoms with Gasteiger partial charge in [-0.25, -0.2) is 9.97 Å². The molecule has 2 saturated heterocycles. The summed E-state index contributed by atoms with van der Waals surface area (Å²) in [6.07, 6.45) is -2.98. The first-order chi connectivity index (χ1) is 19.8. The number of alkyl halides is 3. The van der Waals surface area contributed by atoms with Crippen molar-refractivity contribution in [3.63, 3.8) is 0 Å². The number of carbonyl (C=O) groups excluding carboxylic acids is 1. The molecule has 5 rings (SSSR count). The minimum Gasteiger partial charge on any atom is -0.354 e. The molecule has 8 nitrogen and oxygen atoms in total. The fourth-order valence-corrected chi connectivity index (χ4v) is 5.27. The molecule has 2 aromatic carbocycles. The molecule has 0 saturated carbocycles. The van der Waals surface area contributed by atoms with E-state index in [0.717, 1.165) is 43.9 Å². The third kappa shape index (κ3) is 7.20. The highest BCUT2D eigenvalue weighted by molar-refractivity contribution is 5.85. The average molecular weight is 564 g/mol. The zero-order chi connectivity index (χ0) is 28.8. The number of amides is 1. The second kappa shape index (κ2) is 12.7. The molecule has 3 heterocycles. The van der Waals surface area contributed by atoms with Crippen LogP contribution in [0.3, 0.4) is 0 Å². The molecule has 1 aromatic heterocycles. The molecule has 1 atom stereocenters. The molecule has 2 N–H and O–H groups in total. The third-order valence-corrected chi connectivity index (χ3v) is 7.48. The maximum Gasteiger partial charge on any atom is 0.451 e. The largest absolute Gasteiger partial charge is 0.451 e. The Morgan fingerprint density at radius 1 is 1.02 bits per heavy atom. The molecule has 0 aliphatic carbocycles. The SMILES string of the molecule is N#Cc1ccc(CCNC(=O)C2CCCN2c2cc(-c3ccc(CN4CCNCC4)cc3)nc(C(F)(F)F)n2)cc1. The summed E-state index contributed by atoms with van der Waals surface area (Å²) in [6.45, 7) is 5.35. The van der Waals surface area contributed by atoms with Crippen molar-refractivity contribution in [3.05, 3.63) is 77.1 Å². The lowest BCUT2D eigenvalue weighted by atomic mass is 10.1. The van der Waals surface area contributed by atoms with Gasteiger partial charge in [0.1, 0.15) is 11.9 Å². The molecule has 2 aliphatic heterocycles. The molecular weight excluding hydrogens is 531 g/mol. The lowest BCUT2D eigenvalue weighted by Crippen LogP contribution is -2.44. The Morgan fingerprint density at radius 3 is 2.41 bits per heavy atom. The summed E-state index contributed by atoms with van der Waals surface area (Å²) in [5.41, 5.74) is 3.35. The minimum absolute atomic E-state index is 0.0944. The van der Waals surface area contributed by atoms with Crippen LogP contribution in [0.15, 0.2) is 54.6 Å². The molecule has 0 bridgehead atoms. The number of aromatic nitrogens is 2. The minimum atomic E-state index is -4.73. The Bertz CT molecular complexity index is 1380. The van der Waals surface area contributed by atoms with Crippen LogP contribution in [0.5, 0.6) is 0 Å². The van der Waals surface area contributed by atoms with Crippen LogP contribution in [0, 0.1) is 11.3 Å². The van der Waals surface area contributed by atoms with E-state index in [0.29, 0.717) is 43.5 Å². The number of carbonyl (C=O) groups is 1. The Kier molecular flexibility index (Phi) is 8.81. The Morgan fingerprint density at radius 2 is 1.73 bits per heavy atom. The fourth-order valence-electron chi connectivity index (χ4n) is 5.27. The van der Waals surface area contributed by atoms with Gasteiger partial charge in [0.2, 0.25) is 11.7 Å². The van der Waals surface area contributed by atoms with Crippen molar-refractivity contribution in [1.29, 1.82) is 5.26 Å². The third-order valence-electron chi connectivity index (χ3n) is 7.48. The molecule has 0 spiro atoms. The van der Waals surface area contributed by atoms with Gasteiger partial charge in [0.15, 0.2) is 0 Å². The van der Waals surface area contributed by atoms with E-state index in [1.807, 2.05) is 24.3 Å². The maximum atomic E-state index is 13.9. The zero-order valence-electron chi connectivity index (χ0n) is 22.6. The number of nitrogens with zero attached hydrogens (tertiary/aromatic N) is 5. The topological polar surface area (TPSA) is 97.2 Å². The van der Waals surface area contributed by atoms with E-state index < -0.39 is 18.0 Å². The maximum absolute atomic E-state index is 13.9. The summed E-state index contributed by atoms with van der Waals surface area (Å²) in [7, 11) is 0. The molecule has 2 aliphatic rings. The monoisotopic (exact) mass is 563 g/mol. The van der Waals surface area contributed by atoms with Gasteiger partial charge in [-0.15, -0.1) is 0 Å². The molecule has 1 amide bonds. The van der Waals surface area contributed by atoms with Crippen LogP contribution in [0.4, 0.5) is 19.0 Å². The fraction of sp³-hybridized carbons (Fsp3) is 0.400. The van der Waals surface area contributed by atoms with Gasteiger partial charge < -0.3 is 15.5 Å². The molecule has 41 heavy (non-hydrogen) atoms. The number of hydrogen-bond acceptors (Lipinski definition) is 7. The van der Waals surface area contributed by atoms with Crippen molar-refractivity contribution in [2.75, 3.05) is 44.2 Å². The van der Waals surface area contributed by atoms with Gasteiger partial charge in [0.25, 0.3) is 0 Å². The molecule has 11 heteroatoms. The summed E-state index contributed by atoms with van der Waals surface area (Å²) in [5, 5.41) is 15.2. The van der Waals surface area contributed by atoms with Crippen LogP contribution in [0.25, 0.3) is 11.3 Å². The quantitative estimate of drug-likeness (QED) is 0.431. The molecule has 2 fully saturated rings. The van der Waals surface area contributed by atoms with Crippen molar-refractivity contribution in [2.24, 2.45) is 0 Å². The summed E-state index contributed by atoms with van der Waals surface area (Å²) in [6, 6.07) is 17.5. The van der Waals surface area contributed by atoms with Crippen LogP contribution in [-0.2, 0) is 23.9 Å². The molecular formula is C30H32F3N7O. The van der Waals surface area contributed by atoms with E-state index in [1.165, 1.54) is 0 Å². The second-order valence-electron chi connectivity index (χ2n) is 10.4. The standard InChI is InChI=1S/C30H32F3N7O/c31-30(32,33)29-37-25(24-9-7-23(8-10-24)20-39-16-13-35-14-17-39)18-27(38-29)40-15-1-2-26(40)28(41)36-12-11-21-3-5-22(19-34)6-4-21/h3-10,18,26,35H,1-2,11-17,20H2,(H,36,41). The van der Waals surface area contributed by atoms with Gasteiger partial charge in [-0.1, -0.05) is 36.4 Å². The van der Waals surface area contributed by atoms with Gasteiger partial charge in [-0.2, -0.15) is 18.4 Å². The Balaban J connectivity index is 1.31. The summed E-state index contributed by atoms with van der Waals surface area (Å²) in [4.78, 5) is 24.8. The predicted octanol–water partition coefficient (Wildman–Crippen LogP) is 3.77. The van der Waals surface area contributed by atoms with E-state index in [-0.39, 0.29) is 17.4 Å². The van der Waals surface area contributed by atoms with Gasteiger partial charge in [0.05, 0.1) is 17.3 Å². The first kappa shape index (κ1) is 28.5. The molecule has 3 aromatic rings. The summed E-state index contributed by atoms with van der Waals surface area (Å²) >= 11 is 0. The zero-order valence-corrected chi connectivity index (χ0v) is 22.6. The number of rotatable bonds is 8. The number of nitriles is 1. The predicted molar refractivity (Wildman–Crippen MR) is 149 cm³/mol. The molecule has 0 radical (unpaired) electrons. The van der Waals surface area contributed by atoms with E-state index in [9.17, 15) is 18.0 Å². The highest BCUT2D eigenvalue weighted by Gasteiger charge is 2.38. The number of benzene rings is 2. The first-order valence-corrected chi connectivity index (χ1v) is 13.8. The van der Waals surface area contributed by atoms with Crippen LogP contribution in [0.2, 0.25) is 0 Å². The van der Waals surface area contributed by atoms with E-state index >= 15 is 0 Å². The van der Waals surface area contributed by atoms with E-state index in [1.54, 1.807) is 35.2 Å². The number of hydrogen-bond donors (Lipinski definition) is 2. The van der Waals surface area contributed by atoms with Gasteiger partial charge in [0, 0.05) is 57.4 Å². The Labute approximate surface area is 237 Å². The van der Waals surface area contributed by atoms with Crippen molar-refractivity contribution in [2.45, 2.75) is 38.0 Å². The normalized spacial score (nSPS) is 17.8.